The van der Waals surface area contributed by atoms with Gasteiger partial charge < -0.3 is 16.2 Å². The second-order valence-electron chi connectivity index (χ2n) is 2.95. The molecule has 0 bridgehead atoms. The lowest BCUT2D eigenvalue weighted by molar-refractivity contribution is -0.120. The summed E-state index contributed by atoms with van der Waals surface area (Å²) >= 11 is 1.63. The minimum absolute atomic E-state index is 0.00884. The van der Waals surface area contributed by atoms with Gasteiger partial charge in [-0.1, -0.05) is 0 Å². The molecule has 78 valence electrons. The minimum Gasteiger partial charge on any atom is -0.392 e. The van der Waals surface area contributed by atoms with Crippen LogP contribution in [0.5, 0.6) is 0 Å². The molecule has 0 aliphatic rings. The van der Waals surface area contributed by atoms with Crippen molar-refractivity contribution in [2.45, 2.75) is 25.5 Å². The van der Waals surface area contributed by atoms with E-state index in [4.69, 9.17) is 10.8 Å². The summed E-state index contributed by atoms with van der Waals surface area (Å²) in [6.45, 7) is 1.95. The van der Waals surface area contributed by atoms with Crippen molar-refractivity contribution >= 4 is 17.7 Å². The molecule has 2 unspecified atom stereocenters. The molecule has 0 heterocycles. The number of rotatable bonds is 6. The molecule has 0 aliphatic carbocycles. The second kappa shape index (κ2) is 7.17. The number of amides is 1. The van der Waals surface area contributed by atoms with E-state index in [1.165, 1.54) is 0 Å². The molecule has 1 amide bonds. The molecule has 0 fully saturated rings. The summed E-state index contributed by atoms with van der Waals surface area (Å²) in [5.41, 5.74) is 5.52. The third-order valence-electron chi connectivity index (χ3n) is 1.69. The first-order valence-electron chi connectivity index (χ1n) is 4.27. The van der Waals surface area contributed by atoms with Crippen molar-refractivity contribution in [1.82, 2.24) is 5.32 Å². The average molecular weight is 206 g/mol. The van der Waals surface area contributed by atoms with Crippen LogP contribution in [0.1, 0.15) is 13.3 Å². The summed E-state index contributed by atoms with van der Waals surface area (Å²) in [4.78, 5) is 11.1. The van der Waals surface area contributed by atoms with Crippen LogP contribution in [-0.4, -0.2) is 41.7 Å². The first-order chi connectivity index (χ1) is 6.07. The Hall–Kier alpha value is -0.260. The molecule has 0 rings (SSSR count). The van der Waals surface area contributed by atoms with Crippen LogP contribution >= 0.6 is 11.8 Å². The summed E-state index contributed by atoms with van der Waals surface area (Å²) in [7, 11) is 0. The zero-order chi connectivity index (χ0) is 10.3. The monoisotopic (exact) mass is 206 g/mol. The van der Waals surface area contributed by atoms with E-state index in [1.54, 1.807) is 18.7 Å². The van der Waals surface area contributed by atoms with Gasteiger partial charge in [0.15, 0.2) is 0 Å². The van der Waals surface area contributed by atoms with Gasteiger partial charge >= 0.3 is 0 Å². The SMILES string of the molecule is CSCCC(=O)NCC(N)C(C)O. The van der Waals surface area contributed by atoms with Gasteiger partial charge in [-0.05, 0) is 13.2 Å². The van der Waals surface area contributed by atoms with E-state index < -0.39 is 6.10 Å². The topological polar surface area (TPSA) is 75.4 Å². The molecule has 0 aliphatic heterocycles. The Kier molecular flexibility index (Phi) is 7.03. The van der Waals surface area contributed by atoms with Crippen LogP contribution in [-0.2, 0) is 4.79 Å². The first kappa shape index (κ1) is 12.7. The largest absolute Gasteiger partial charge is 0.392 e. The summed E-state index contributed by atoms with van der Waals surface area (Å²) in [5, 5.41) is 11.7. The Morgan fingerprint density at radius 1 is 1.69 bits per heavy atom. The van der Waals surface area contributed by atoms with E-state index in [9.17, 15) is 4.79 Å². The number of carbonyl (C=O) groups excluding carboxylic acids is 1. The van der Waals surface area contributed by atoms with Crippen molar-refractivity contribution < 1.29 is 9.90 Å². The number of hydrogen-bond donors (Lipinski definition) is 3. The van der Waals surface area contributed by atoms with Crippen molar-refractivity contribution in [2.75, 3.05) is 18.6 Å². The van der Waals surface area contributed by atoms with Crippen LogP contribution < -0.4 is 11.1 Å². The lowest BCUT2D eigenvalue weighted by Gasteiger charge is -2.14. The zero-order valence-electron chi connectivity index (χ0n) is 8.12. The number of carbonyl (C=O) groups is 1. The Labute approximate surface area is 83.3 Å². The molecule has 0 saturated carbocycles. The number of nitrogens with one attached hydrogen (secondary N) is 1. The fourth-order valence-corrected chi connectivity index (χ4v) is 1.07. The fourth-order valence-electron chi connectivity index (χ4n) is 0.685. The summed E-state index contributed by atoms with van der Waals surface area (Å²) < 4.78 is 0. The van der Waals surface area contributed by atoms with Crippen molar-refractivity contribution in [3.05, 3.63) is 0 Å². The fraction of sp³-hybridized carbons (Fsp3) is 0.875. The molecule has 13 heavy (non-hydrogen) atoms. The van der Waals surface area contributed by atoms with Crippen molar-refractivity contribution in [3.63, 3.8) is 0 Å². The molecule has 0 radical (unpaired) electrons. The first-order valence-corrected chi connectivity index (χ1v) is 5.66. The molecule has 4 nitrogen and oxygen atoms in total. The molecule has 4 N–H and O–H groups in total. The molecule has 5 heteroatoms. The van der Waals surface area contributed by atoms with Crippen LogP contribution in [0.15, 0.2) is 0 Å². The molecule has 0 aromatic heterocycles. The Morgan fingerprint density at radius 3 is 2.77 bits per heavy atom. The highest BCUT2D eigenvalue weighted by molar-refractivity contribution is 7.98. The van der Waals surface area contributed by atoms with E-state index in [1.807, 2.05) is 6.26 Å². The predicted octanol–water partition coefficient (Wildman–Crippen LogP) is -0.436. The van der Waals surface area contributed by atoms with Gasteiger partial charge in [-0.2, -0.15) is 11.8 Å². The van der Waals surface area contributed by atoms with Crippen LogP contribution in [0.25, 0.3) is 0 Å². The maximum Gasteiger partial charge on any atom is 0.220 e. The molecule has 2 atom stereocenters. The van der Waals surface area contributed by atoms with Gasteiger partial charge in [0.2, 0.25) is 5.91 Å². The van der Waals surface area contributed by atoms with E-state index in [2.05, 4.69) is 5.32 Å². The highest BCUT2D eigenvalue weighted by Gasteiger charge is 2.09. The summed E-state index contributed by atoms with van der Waals surface area (Å²) in [5.74, 6) is 0.806. The molecular formula is C8H18N2O2S. The Balaban J connectivity index is 3.46. The van der Waals surface area contributed by atoms with E-state index in [0.29, 0.717) is 13.0 Å². The lowest BCUT2D eigenvalue weighted by Crippen LogP contribution is -2.43. The smallest absolute Gasteiger partial charge is 0.220 e. The number of aliphatic hydroxyl groups is 1. The highest BCUT2D eigenvalue weighted by Crippen LogP contribution is 1.95. The van der Waals surface area contributed by atoms with Crippen LogP contribution in [0.3, 0.4) is 0 Å². The lowest BCUT2D eigenvalue weighted by atomic mass is 10.2. The van der Waals surface area contributed by atoms with Crippen molar-refractivity contribution in [2.24, 2.45) is 5.73 Å². The number of thioether (sulfide) groups is 1. The third kappa shape index (κ3) is 6.86. The maximum atomic E-state index is 11.1. The van der Waals surface area contributed by atoms with Gasteiger partial charge in [0, 0.05) is 24.8 Å². The molecular weight excluding hydrogens is 188 g/mol. The zero-order valence-corrected chi connectivity index (χ0v) is 8.93. The van der Waals surface area contributed by atoms with E-state index >= 15 is 0 Å². The van der Waals surface area contributed by atoms with Gasteiger partial charge in [0.25, 0.3) is 0 Å². The van der Waals surface area contributed by atoms with Crippen LogP contribution in [0, 0.1) is 0 Å². The number of nitrogens with two attached hydrogens (primary N) is 1. The summed E-state index contributed by atoms with van der Waals surface area (Å²) in [6, 6.07) is -0.377. The number of aliphatic hydroxyl groups excluding tert-OH is 1. The maximum absolute atomic E-state index is 11.1. The number of hydrogen-bond acceptors (Lipinski definition) is 4. The molecule has 0 aromatic carbocycles. The van der Waals surface area contributed by atoms with Gasteiger partial charge in [0.05, 0.1) is 6.10 Å². The molecule has 0 spiro atoms. The van der Waals surface area contributed by atoms with Gasteiger partial charge in [0.1, 0.15) is 0 Å². The minimum atomic E-state index is -0.583. The summed E-state index contributed by atoms with van der Waals surface area (Å²) in [6.07, 6.45) is 1.88. The molecule has 0 saturated heterocycles. The Morgan fingerprint density at radius 2 is 2.31 bits per heavy atom. The van der Waals surface area contributed by atoms with Crippen molar-refractivity contribution in [3.8, 4) is 0 Å². The normalized spacial score (nSPS) is 15.1. The standard InChI is InChI=1S/C8H18N2O2S/c1-6(11)7(9)5-10-8(12)3-4-13-2/h6-7,11H,3-5,9H2,1-2H3,(H,10,12). The van der Waals surface area contributed by atoms with Crippen LogP contribution in [0.2, 0.25) is 0 Å². The molecule has 0 aromatic rings. The van der Waals surface area contributed by atoms with E-state index in [0.717, 1.165) is 5.75 Å². The van der Waals surface area contributed by atoms with E-state index in [-0.39, 0.29) is 11.9 Å². The second-order valence-corrected chi connectivity index (χ2v) is 3.94. The van der Waals surface area contributed by atoms with Gasteiger partial charge in [-0.15, -0.1) is 0 Å². The Bertz CT molecular complexity index is 153. The van der Waals surface area contributed by atoms with Gasteiger partial charge in [-0.3, -0.25) is 4.79 Å². The third-order valence-corrected chi connectivity index (χ3v) is 2.30. The quantitative estimate of drug-likeness (QED) is 0.551. The van der Waals surface area contributed by atoms with Crippen LogP contribution in [0.4, 0.5) is 0 Å². The predicted molar refractivity (Wildman–Crippen MR) is 55.7 cm³/mol. The van der Waals surface area contributed by atoms with Gasteiger partial charge in [-0.25, -0.2) is 0 Å². The average Bonchev–Trinajstić information content (AvgIpc) is 2.10. The van der Waals surface area contributed by atoms with Crippen molar-refractivity contribution in [1.29, 1.82) is 0 Å². The highest BCUT2D eigenvalue weighted by atomic mass is 32.2.